The average Bonchev–Trinajstić information content (AvgIpc) is 3.42. The van der Waals surface area contributed by atoms with Gasteiger partial charge >= 0.3 is 0 Å². The van der Waals surface area contributed by atoms with Crippen LogP contribution >= 0.6 is 11.6 Å². The second-order valence-electron chi connectivity index (χ2n) is 8.91. The molecule has 1 aliphatic rings. The number of fused-ring (bicyclic) bond motifs is 1. The van der Waals surface area contributed by atoms with E-state index in [1.54, 1.807) is 19.3 Å². The maximum absolute atomic E-state index is 11.8. The van der Waals surface area contributed by atoms with Crippen molar-refractivity contribution in [3.63, 3.8) is 0 Å². The number of aryl methyl sites for hydroxylation is 1. The number of amides is 1. The van der Waals surface area contributed by atoms with E-state index in [0.29, 0.717) is 34.4 Å². The third-order valence-electron chi connectivity index (χ3n) is 6.01. The molecule has 0 aliphatic heterocycles. The molecule has 1 amide bonds. The molecule has 1 aliphatic carbocycles. The molecule has 4 aromatic rings. The van der Waals surface area contributed by atoms with Crippen LogP contribution in [0.25, 0.3) is 22.6 Å². The molecule has 0 radical (unpaired) electrons. The number of carbonyl (C=O) groups excluding carboxylic acids is 1. The van der Waals surface area contributed by atoms with E-state index in [1.165, 1.54) is 6.33 Å². The molecule has 5 rings (SSSR count). The molecule has 1 aromatic carbocycles. The Kier molecular flexibility index (Phi) is 5.69. The largest absolute Gasteiger partial charge is 0.470 e. The lowest BCUT2D eigenvalue weighted by Gasteiger charge is -2.12. The van der Waals surface area contributed by atoms with Crippen LogP contribution in [0.1, 0.15) is 36.6 Å². The van der Waals surface area contributed by atoms with Crippen LogP contribution in [0.3, 0.4) is 0 Å². The SMILES string of the molecule is CNC(=O)Cc1ccc(-c2nc3c(OC4(C)CC4)ncnc3n2Cc2cc(C)ccn2)c(Cl)c1. The van der Waals surface area contributed by atoms with Crippen molar-refractivity contribution in [3.05, 3.63) is 64.7 Å². The summed E-state index contributed by atoms with van der Waals surface area (Å²) in [5.41, 5.74) is 4.58. The first-order chi connectivity index (χ1) is 16.3. The molecule has 1 saturated carbocycles. The average molecular weight is 477 g/mol. The Morgan fingerprint density at radius 1 is 1.21 bits per heavy atom. The third kappa shape index (κ3) is 4.46. The first-order valence-corrected chi connectivity index (χ1v) is 11.5. The fourth-order valence-electron chi connectivity index (χ4n) is 3.83. The molecular weight excluding hydrogens is 452 g/mol. The number of benzene rings is 1. The topological polar surface area (TPSA) is 94.8 Å². The van der Waals surface area contributed by atoms with Crippen molar-refractivity contribution in [1.82, 2.24) is 29.8 Å². The lowest BCUT2D eigenvalue weighted by atomic mass is 10.1. The molecule has 8 nitrogen and oxygen atoms in total. The highest BCUT2D eigenvalue weighted by atomic mass is 35.5. The van der Waals surface area contributed by atoms with Crippen LogP contribution in [-0.4, -0.2) is 43.1 Å². The van der Waals surface area contributed by atoms with E-state index >= 15 is 0 Å². The van der Waals surface area contributed by atoms with E-state index in [0.717, 1.165) is 35.2 Å². The fourth-order valence-corrected chi connectivity index (χ4v) is 4.12. The third-order valence-corrected chi connectivity index (χ3v) is 6.32. The van der Waals surface area contributed by atoms with Crippen molar-refractivity contribution in [2.75, 3.05) is 7.05 Å². The van der Waals surface area contributed by atoms with E-state index in [9.17, 15) is 4.79 Å². The van der Waals surface area contributed by atoms with E-state index in [2.05, 4.69) is 27.2 Å². The molecule has 9 heteroatoms. The van der Waals surface area contributed by atoms with Gasteiger partial charge in [0.05, 0.1) is 23.7 Å². The summed E-state index contributed by atoms with van der Waals surface area (Å²) in [6.45, 7) is 4.56. The van der Waals surface area contributed by atoms with Gasteiger partial charge in [0.15, 0.2) is 11.2 Å². The number of imidazole rings is 1. The monoisotopic (exact) mass is 476 g/mol. The summed E-state index contributed by atoms with van der Waals surface area (Å²) in [4.78, 5) is 30.1. The molecule has 3 heterocycles. The summed E-state index contributed by atoms with van der Waals surface area (Å²) in [5, 5.41) is 3.13. The highest BCUT2D eigenvalue weighted by Crippen LogP contribution is 2.41. The van der Waals surface area contributed by atoms with Gasteiger partial charge in [-0.3, -0.25) is 9.78 Å². The quantitative estimate of drug-likeness (QED) is 0.431. The molecule has 174 valence electrons. The van der Waals surface area contributed by atoms with Gasteiger partial charge in [-0.1, -0.05) is 17.7 Å². The van der Waals surface area contributed by atoms with Crippen LogP contribution < -0.4 is 10.1 Å². The Morgan fingerprint density at radius 3 is 2.74 bits per heavy atom. The van der Waals surface area contributed by atoms with Gasteiger partial charge in [-0.15, -0.1) is 0 Å². The number of hydrogen-bond donors (Lipinski definition) is 1. The molecule has 0 unspecified atom stereocenters. The Hall–Kier alpha value is -3.52. The zero-order valence-corrected chi connectivity index (χ0v) is 20.1. The molecule has 0 atom stereocenters. The van der Waals surface area contributed by atoms with Gasteiger partial charge in [-0.05, 0) is 62.1 Å². The smallest absolute Gasteiger partial charge is 0.245 e. The van der Waals surface area contributed by atoms with Crippen LogP contribution in [0, 0.1) is 6.92 Å². The maximum atomic E-state index is 11.8. The first kappa shape index (κ1) is 22.3. The minimum atomic E-state index is -0.206. The second kappa shape index (κ2) is 8.68. The molecule has 0 spiro atoms. The molecule has 34 heavy (non-hydrogen) atoms. The second-order valence-corrected chi connectivity index (χ2v) is 9.32. The van der Waals surface area contributed by atoms with Crippen LogP contribution in [-0.2, 0) is 17.8 Å². The number of likely N-dealkylation sites (N-methyl/N-ethyl adjacent to an activating group) is 1. The predicted octanol–water partition coefficient (Wildman–Crippen LogP) is 4.12. The highest BCUT2D eigenvalue weighted by molar-refractivity contribution is 6.33. The van der Waals surface area contributed by atoms with Crippen molar-refractivity contribution in [3.8, 4) is 17.3 Å². The van der Waals surface area contributed by atoms with Gasteiger partial charge in [-0.25, -0.2) is 9.97 Å². The van der Waals surface area contributed by atoms with Gasteiger partial charge in [0, 0.05) is 18.8 Å². The van der Waals surface area contributed by atoms with Crippen molar-refractivity contribution in [1.29, 1.82) is 0 Å². The summed E-state index contributed by atoms with van der Waals surface area (Å²) in [6.07, 6.45) is 5.52. The molecule has 0 saturated heterocycles. The molecule has 1 N–H and O–H groups in total. The van der Waals surface area contributed by atoms with Crippen LogP contribution in [0.5, 0.6) is 5.88 Å². The number of hydrogen-bond acceptors (Lipinski definition) is 6. The van der Waals surface area contributed by atoms with Crippen molar-refractivity contribution >= 4 is 28.7 Å². The number of nitrogens with one attached hydrogen (secondary N) is 1. The number of halogens is 1. The Morgan fingerprint density at radius 2 is 2.03 bits per heavy atom. The summed E-state index contributed by atoms with van der Waals surface area (Å²) in [5.74, 6) is 1.03. The van der Waals surface area contributed by atoms with Crippen molar-refractivity contribution < 1.29 is 9.53 Å². The zero-order chi connectivity index (χ0) is 23.9. The number of aromatic nitrogens is 5. The Bertz CT molecular complexity index is 1400. The summed E-state index contributed by atoms with van der Waals surface area (Å²) < 4.78 is 8.17. The zero-order valence-electron chi connectivity index (χ0n) is 19.3. The van der Waals surface area contributed by atoms with Crippen molar-refractivity contribution in [2.24, 2.45) is 0 Å². The number of rotatable bonds is 7. The summed E-state index contributed by atoms with van der Waals surface area (Å²) >= 11 is 6.71. The summed E-state index contributed by atoms with van der Waals surface area (Å²) in [6, 6.07) is 9.57. The minimum Gasteiger partial charge on any atom is -0.470 e. The standard InChI is InChI=1S/C25H25ClN6O2/c1-15-6-9-28-17(10-15)13-32-22(18-5-4-16(11-19(18)26)12-20(33)27-3)31-21-23(32)29-14-30-24(21)34-25(2)7-8-25/h4-6,9-11,14H,7-8,12-13H2,1-3H3,(H,27,33). The molecule has 1 fully saturated rings. The van der Waals surface area contributed by atoms with Gasteiger partial charge in [0.1, 0.15) is 17.8 Å². The highest BCUT2D eigenvalue weighted by Gasteiger charge is 2.41. The van der Waals surface area contributed by atoms with Gasteiger partial charge in [0.2, 0.25) is 11.8 Å². The van der Waals surface area contributed by atoms with Gasteiger partial charge in [0.25, 0.3) is 0 Å². The van der Waals surface area contributed by atoms with E-state index in [-0.39, 0.29) is 17.9 Å². The lowest BCUT2D eigenvalue weighted by Crippen LogP contribution is -2.19. The first-order valence-electron chi connectivity index (χ1n) is 11.2. The van der Waals surface area contributed by atoms with Crippen LogP contribution in [0.15, 0.2) is 42.9 Å². The molecule has 3 aromatic heterocycles. The van der Waals surface area contributed by atoms with Gasteiger partial charge < -0.3 is 14.6 Å². The normalized spacial score (nSPS) is 14.2. The van der Waals surface area contributed by atoms with Gasteiger partial charge in [-0.2, -0.15) is 4.98 Å². The number of nitrogens with zero attached hydrogens (tertiary/aromatic N) is 5. The van der Waals surface area contributed by atoms with Crippen LogP contribution in [0.4, 0.5) is 0 Å². The fraction of sp³-hybridized carbons (Fsp3) is 0.320. The molecule has 0 bridgehead atoms. The van der Waals surface area contributed by atoms with Crippen LogP contribution in [0.2, 0.25) is 5.02 Å². The Balaban J connectivity index is 1.63. The lowest BCUT2D eigenvalue weighted by molar-refractivity contribution is -0.119. The number of pyridine rings is 1. The van der Waals surface area contributed by atoms with E-state index in [1.807, 2.05) is 35.8 Å². The van der Waals surface area contributed by atoms with E-state index in [4.69, 9.17) is 21.3 Å². The van der Waals surface area contributed by atoms with E-state index < -0.39 is 0 Å². The summed E-state index contributed by atoms with van der Waals surface area (Å²) in [7, 11) is 1.61. The predicted molar refractivity (Wildman–Crippen MR) is 130 cm³/mol. The maximum Gasteiger partial charge on any atom is 0.245 e. The minimum absolute atomic E-state index is 0.0767. The number of carbonyl (C=O) groups is 1. The Labute approximate surface area is 202 Å². The van der Waals surface area contributed by atoms with Crippen molar-refractivity contribution in [2.45, 2.75) is 45.3 Å². The number of ether oxygens (including phenoxy) is 1. The molecular formula is C25H25ClN6O2.